The van der Waals surface area contributed by atoms with Crippen molar-refractivity contribution >= 4 is 7.12 Å². The lowest BCUT2D eigenvalue weighted by molar-refractivity contribution is -0.199. The van der Waals surface area contributed by atoms with Crippen molar-refractivity contribution < 1.29 is 13.7 Å². The fourth-order valence-corrected chi connectivity index (χ4v) is 5.11. The Balaban J connectivity index is 1.48. The van der Waals surface area contributed by atoms with Gasteiger partial charge >= 0.3 is 7.12 Å². The SMILES string of the molecule is CC1(C)[C@@H]2C[C@H]3OB([C@H](N)Cc4cccc(F)c4)O[C@@]3(C)[C@H]1C2. The molecule has 3 saturated carbocycles. The van der Waals surface area contributed by atoms with Crippen LogP contribution in [0, 0.1) is 23.1 Å². The van der Waals surface area contributed by atoms with Crippen LogP contribution < -0.4 is 5.73 Å². The molecule has 3 nitrogen and oxygen atoms in total. The second-order valence-corrected chi connectivity index (χ2v) is 8.33. The Morgan fingerprint density at radius 1 is 1.35 bits per heavy atom. The van der Waals surface area contributed by atoms with Crippen molar-refractivity contribution in [2.75, 3.05) is 0 Å². The van der Waals surface area contributed by atoms with Crippen molar-refractivity contribution in [3.05, 3.63) is 35.6 Å². The van der Waals surface area contributed by atoms with Crippen molar-refractivity contribution in [1.29, 1.82) is 0 Å². The Morgan fingerprint density at radius 3 is 2.83 bits per heavy atom. The molecule has 0 radical (unpaired) electrons. The molecule has 1 saturated heterocycles. The van der Waals surface area contributed by atoms with Crippen LogP contribution >= 0.6 is 0 Å². The van der Waals surface area contributed by atoms with Crippen LogP contribution in [0.4, 0.5) is 4.39 Å². The molecule has 5 heteroatoms. The molecule has 1 heterocycles. The monoisotopic (exact) mass is 317 g/mol. The molecular formula is C18H25BFNO2. The summed E-state index contributed by atoms with van der Waals surface area (Å²) < 4.78 is 25.9. The molecule has 5 atom stereocenters. The molecule has 4 fully saturated rings. The van der Waals surface area contributed by atoms with E-state index < -0.39 is 7.12 Å². The number of hydrogen-bond acceptors (Lipinski definition) is 3. The zero-order chi connectivity index (χ0) is 16.4. The molecule has 1 aromatic carbocycles. The summed E-state index contributed by atoms with van der Waals surface area (Å²) in [5.41, 5.74) is 7.31. The van der Waals surface area contributed by atoms with Gasteiger partial charge in [-0.2, -0.15) is 0 Å². The number of rotatable bonds is 3. The van der Waals surface area contributed by atoms with Crippen LogP contribution in [0.5, 0.6) is 0 Å². The molecular weight excluding hydrogens is 292 g/mol. The largest absolute Gasteiger partial charge is 0.475 e. The van der Waals surface area contributed by atoms with Gasteiger partial charge in [0.25, 0.3) is 0 Å². The molecule has 2 N–H and O–H groups in total. The summed E-state index contributed by atoms with van der Waals surface area (Å²) >= 11 is 0. The normalized spacial score (nSPS) is 38.8. The third-order valence-electron chi connectivity index (χ3n) is 6.68. The van der Waals surface area contributed by atoms with Crippen molar-refractivity contribution in [3.8, 4) is 0 Å². The quantitative estimate of drug-likeness (QED) is 0.872. The number of hydrogen-bond donors (Lipinski definition) is 1. The summed E-state index contributed by atoms with van der Waals surface area (Å²) in [5.74, 6) is 0.753. The Bertz CT molecular complexity index is 625. The van der Waals surface area contributed by atoms with Crippen molar-refractivity contribution in [1.82, 2.24) is 0 Å². The highest BCUT2D eigenvalue weighted by molar-refractivity contribution is 6.47. The van der Waals surface area contributed by atoms with E-state index in [9.17, 15) is 4.39 Å². The highest BCUT2D eigenvalue weighted by Crippen LogP contribution is 2.65. The van der Waals surface area contributed by atoms with Crippen molar-refractivity contribution in [3.63, 3.8) is 0 Å². The maximum Gasteiger partial charge on any atom is 0.475 e. The molecule has 1 aliphatic heterocycles. The van der Waals surface area contributed by atoms with Crippen LogP contribution in [0.2, 0.25) is 0 Å². The summed E-state index contributed by atoms with van der Waals surface area (Å²) in [7, 11) is -0.400. The van der Waals surface area contributed by atoms with Gasteiger partial charge in [0.2, 0.25) is 0 Å². The maximum atomic E-state index is 13.3. The average Bonchev–Trinajstić information content (AvgIpc) is 2.84. The van der Waals surface area contributed by atoms with Crippen LogP contribution in [0.25, 0.3) is 0 Å². The highest BCUT2D eigenvalue weighted by atomic mass is 19.1. The van der Waals surface area contributed by atoms with Gasteiger partial charge in [-0.3, -0.25) is 0 Å². The van der Waals surface area contributed by atoms with Crippen molar-refractivity contribution in [2.45, 2.75) is 57.7 Å². The first-order chi connectivity index (χ1) is 10.8. The summed E-state index contributed by atoms with van der Waals surface area (Å²) in [6.07, 6.45) is 2.99. The molecule has 23 heavy (non-hydrogen) atoms. The lowest BCUT2D eigenvalue weighted by Crippen LogP contribution is -2.65. The smallest absolute Gasteiger partial charge is 0.404 e. The van der Waals surface area contributed by atoms with E-state index in [0.29, 0.717) is 17.8 Å². The van der Waals surface area contributed by atoms with Gasteiger partial charge in [0.05, 0.1) is 11.7 Å². The van der Waals surface area contributed by atoms with E-state index in [1.807, 2.05) is 6.07 Å². The van der Waals surface area contributed by atoms with Gasteiger partial charge in [-0.1, -0.05) is 26.0 Å². The van der Waals surface area contributed by atoms with Crippen LogP contribution in [0.15, 0.2) is 24.3 Å². The minimum atomic E-state index is -0.400. The molecule has 0 unspecified atom stereocenters. The zero-order valence-corrected chi connectivity index (χ0v) is 14.1. The topological polar surface area (TPSA) is 44.5 Å². The fraction of sp³-hybridized carbons (Fsp3) is 0.667. The van der Waals surface area contributed by atoms with Crippen molar-refractivity contribution in [2.24, 2.45) is 23.0 Å². The molecule has 5 rings (SSSR count). The Kier molecular flexibility index (Phi) is 3.42. The predicted octanol–water partition coefficient (Wildman–Crippen LogP) is 2.96. The number of benzene rings is 1. The van der Waals surface area contributed by atoms with E-state index in [4.69, 9.17) is 15.0 Å². The third kappa shape index (κ3) is 2.28. The molecule has 0 spiro atoms. The van der Waals surface area contributed by atoms with Gasteiger partial charge in [-0.15, -0.1) is 0 Å². The van der Waals surface area contributed by atoms with E-state index in [1.165, 1.54) is 18.6 Å². The fourth-order valence-electron chi connectivity index (χ4n) is 5.11. The third-order valence-corrected chi connectivity index (χ3v) is 6.68. The first kappa shape index (κ1) is 15.6. The van der Waals surface area contributed by atoms with Gasteiger partial charge < -0.3 is 15.0 Å². The minimum absolute atomic E-state index is 0.142. The molecule has 0 aromatic heterocycles. The summed E-state index contributed by atoms with van der Waals surface area (Å²) in [4.78, 5) is 0. The maximum absolute atomic E-state index is 13.3. The van der Waals surface area contributed by atoms with E-state index in [1.54, 1.807) is 6.07 Å². The lowest BCUT2D eigenvalue weighted by atomic mass is 9.43. The van der Waals surface area contributed by atoms with Gasteiger partial charge in [-0.05, 0) is 61.1 Å². The van der Waals surface area contributed by atoms with E-state index in [0.717, 1.165) is 17.9 Å². The Morgan fingerprint density at radius 2 is 2.13 bits per heavy atom. The molecule has 4 aliphatic rings. The lowest BCUT2D eigenvalue weighted by Gasteiger charge is -2.64. The van der Waals surface area contributed by atoms with Gasteiger partial charge in [-0.25, -0.2) is 4.39 Å². The predicted molar refractivity (Wildman–Crippen MR) is 88.2 cm³/mol. The van der Waals surface area contributed by atoms with Gasteiger partial charge in [0.1, 0.15) is 5.82 Å². The van der Waals surface area contributed by atoms with Crippen LogP contribution in [0.3, 0.4) is 0 Å². The van der Waals surface area contributed by atoms with Crippen LogP contribution in [-0.4, -0.2) is 24.8 Å². The number of nitrogens with two attached hydrogens (primary N) is 1. The number of halogens is 1. The highest BCUT2D eigenvalue weighted by Gasteiger charge is 2.68. The summed E-state index contributed by atoms with van der Waals surface area (Å²) in [6.45, 7) is 6.88. The van der Waals surface area contributed by atoms with E-state index >= 15 is 0 Å². The van der Waals surface area contributed by atoms with Gasteiger partial charge in [0, 0.05) is 5.94 Å². The van der Waals surface area contributed by atoms with Gasteiger partial charge in [0.15, 0.2) is 0 Å². The first-order valence-corrected chi connectivity index (χ1v) is 8.64. The standard InChI is InChI=1S/C18H25BFNO2/c1-17(2)12-9-14(17)18(3)15(10-12)22-19(23-18)16(21)8-11-5-4-6-13(20)7-11/h4-7,12,14-16H,8-10,21H2,1-3H3/t12-,14-,15+,16+,18-/m0/s1. The average molecular weight is 317 g/mol. The Hall–Kier alpha value is -0.905. The van der Waals surface area contributed by atoms with Crippen LogP contribution in [0.1, 0.15) is 39.2 Å². The second kappa shape index (κ2) is 5.04. The Labute approximate surface area is 137 Å². The molecule has 1 aromatic rings. The van der Waals surface area contributed by atoms with E-state index in [-0.39, 0.29) is 23.5 Å². The van der Waals surface area contributed by atoms with Crippen LogP contribution in [-0.2, 0) is 15.7 Å². The second-order valence-electron chi connectivity index (χ2n) is 8.33. The van der Waals surface area contributed by atoms with E-state index in [2.05, 4.69) is 20.8 Å². The first-order valence-electron chi connectivity index (χ1n) is 8.64. The summed E-state index contributed by atoms with van der Waals surface area (Å²) in [5, 5.41) is 0. The molecule has 3 aliphatic carbocycles. The zero-order valence-electron chi connectivity index (χ0n) is 14.1. The molecule has 124 valence electrons. The molecule has 0 amide bonds. The summed E-state index contributed by atoms with van der Waals surface area (Å²) in [6, 6.07) is 6.59. The minimum Gasteiger partial charge on any atom is -0.404 e. The molecule has 2 bridgehead atoms.